The molecule has 3 rings (SSSR count). The highest BCUT2D eigenvalue weighted by molar-refractivity contribution is 6.32. The maximum Gasteiger partial charge on any atom is 0.174 e. The third-order valence-electron chi connectivity index (χ3n) is 3.20. The number of aromatic nitrogens is 2. The Morgan fingerprint density at radius 2 is 1.73 bits per heavy atom. The molecule has 0 aliphatic heterocycles. The fourth-order valence-electron chi connectivity index (χ4n) is 2.17. The molecule has 4 nitrogen and oxygen atoms in total. The number of rotatable bonds is 3. The Bertz CT molecular complexity index is 842. The van der Waals surface area contributed by atoms with Crippen LogP contribution in [-0.4, -0.2) is 21.2 Å². The molecule has 2 aromatic carbocycles. The van der Waals surface area contributed by atoms with Crippen LogP contribution in [0.3, 0.4) is 0 Å². The molecule has 0 radical (unpaired) electrons. The predicted molar refractivity (Wildman–Crippen MR) is 86.1 cm³/mol. The van der Waals surface area contributed by atoms with Crippen molar-refractivity contribution in [2.45, 2.75) is 0 Å². The van der Waals surface area contributed by atoms with Crippen LogP contribution in [0.2, 0.25) is 10.0 Å². The van der Waals surface area contributed by atoms with Gasteiger partial charge < -0.3 is 5.11 Å². The van der Waals surface area contributed by atoms with Gasteiger partial charge in [0.1, 0.15) is 5.69 Å². The van der Waals surface area contributed by atoms with Gasteiger partial charge >= 0.3 is 0 Å². The van der Waals surface area contributed by atoms with Crippen molar-refractivity contribution >= 4 is 29.5 Å². The maximum atomic E-state index is 11.1. The fraction of sp³-hybridized carbons (Fsp3) is 0. The summed E-state index contributed by atoms with van der Waals surface area (Å²) in [5.41, 5.74) is 1.57. The highest BCUT2D eigenvalue weighted by atomic mass is 35.5. The quantitative estimate of drug-likeness (QED) is 0.725. The monoisotopic (exact) mass is 332 g/mol. The molecular formula is C16H10Cl2N2O2. The Balaban J connectivity index is 2.29. The van der Waals surface area contributed by atoms with E-state index < -0.39 is 0 Å². The van der Waals surface area contributed by atoms with E-state index >= 15 is 0 Å². The van der Waals surface area contributed by atoms with E-state index in [1.807, 2.05) is 0 Å². The Hall–Kier alpha value is -2.30. The van der Waals surface area contributed by atoms with Crippen molar-refractivity contribution in [3.63, 3.8) is 0 Å². The van der Waals surface area contributed by atoms with Crippen molar-refractivity contribution in [2.24, 2.45) is 0 Å². The summed E-state index contributed by atoms with van der Waals surface area (Å²) in [5, 5.41) is 15.5. The average molecular weight is 333 g/mol. The maximum absolute atomic E-state index is 11.1. The Labute approximate surface area is 136 Å². The van der Waals surface area contributed by atoms with Gasteiger partial charge in [-0.05, 0) is 24.3 Å². The van der Waals surface area contributed by atoms with Crippen LogP contribution in [-0.2, 0) is 0 Å². The average Bonchev–Trinajstić information content (AvgIpc) is 2.85. The highest BCUT2D eigenvalue weighted by Crippen LogP contribution is 2.35. The molecule has 3 aromatic rings. The van der Waals surface area contributed by atoms with Crippen molar-refractivity contribution in [1.29, 1.82) is 0 Å². The number of halogens is 2. The number of hydrogen-bond acceptors (Lipinski definition) is 3. The number of benzene rings is 2. The van der Waals surface area contributed by atoms with E-state index in [9.17, 15) is 9.90 Å². The Kier molecular flexibility index (Phi) is 3.88. The SMILES string of the molecule is O=Cc1nn(-c2ccccc2Cl)c(-c2ccc(Cl)cc2)c1O. The van der Waals surface area contributed by atoms with Gasteiger partial charge in [-0.2, -0.15) is 5.10 Å². The molecule has 1 N–H and O–H groups in total. The van der Waals surface area contributed by atoms with E-state index in [0.29, 0.717) is 33.3 Å². The van der Waals surface area contributed by atoms with E-state index in [1.165, 1.54) is 4.68 Å². The standard InChI is InChI=1S/C16H10Cl2N2O2/c17-11-7-5-10(6-8-11)15-16(22)13(9-21)19-20(15)14-4-2-1-3-12(14)18/h1-9,22H. The van der Waals surface area contributed by atoms with Gasteiger partial charge in [0.15, 0.2) is 17.7 Å². The van der Waals surface area contributed by atoms with Crippen molar-refractivity contribution in [2.75, 3.05) is 0 Å². The van der Waals surface area contributed by atoms with Crippen LogP contribution in [0.5, 0.6) is 5.75 Å². The first-order valence-electron chi connectivity index (χ1n) is 6.40. The second-order valence-electron chi connectivity index (χ2n) is 4.57. The number of para-hydroxylation sites is 1. The molecule has 110 valence electrons. The molecule has 0 spiro atoms. The van der Waals surface area contributed by atoms with Gasteiger partial charge in [-0.3, -0.25) is 4.79 Å². The molecule has 0 aliphatic carbocycles. The molecule has 1 aromatic heterocycles. The molecule has 1 heterocycles. The number of carbonyl (C=O) groups is 1. The Morgan fingerprint density at radius 1 is 1.05 bits per heavy atom. The molecule has 0 saturated heterocycles. The lowest BCUT2D eigenvalue weighted by Gasteiger charge is -2.09. The van der Waals surface area contributed by atoms with Crippen LogP contribution in [0.25, 0.3) is 16.9 Å². The normalized spacial score (nSPS) is 10.6. The summed E-state index contributed by atoms with van der Waals surface area (Å²) in [6, 6.07) is 13.9. The van der Waals surface area contributed by atoms with Crippen LogP contribution in [0.1, 0.15) is 10.5 Å². The predicted octanol–water partition coefficient (Wildman–Crippen LogP) is 4.36. The van der Waals surface area contributed by atoms with Crippen LogP contribution in [0.15, 0.2) is 48.5 Å². The summed E-state index contributed by atoms with van der Waals surface area (Å²) < 4.78 is 1.45. The summed E-state index contributed by atoms with van der Waals surface area (Å²) in [5.74, 6) is -0.197. The summed E-state index contributed by atoms with van der Waals surface area (Å²) in [6.45, 7) is 0. The molecular weight excluding hydrogens is 323 g/mol. The van der Waals surface area contributed by atoms with Crippen LogP contribution in [0.4, 0.5) is 0 Å². The molecule has 0 saturated carbocycles. The first-order valence-corrected chi connectivity index (χ1v) is 7.15. The van der Waals surface area contributed by atoms with Gasteiger partial charge in [0.25, 0.3) is 0 Å². The first-order chi connectivity index (χ1) is 10.6. The zero-order valence-corrected chi connectivity index (χ0v) is 12.7. The molecule has 6 heteroatoms. The van der Waals surface area contributed by atoms with Crippen molar-refractivity contribution in [3.05, 3.63) is 64.3 Å². The molecule has 0 fully saturated rings. The van der Waals surface area contributed by atoms with E-state index in [4.69, 9.17) is 23.2 Å². The molecule has 22 heavy (non-hydrogen) atoms. The van der Waals surface area contributed by atoms with E-state index in [1.54, 1.807) is 48.5 Å². The fourth-order valence-corrected chi connectivity index (χ4v) is 2.51. The second kappa shape index (κ2) is 5.83. The Morgan fingerprint density at radius 3 is 2.36 bits per heavy atom. The van der Waals surface area contributed by atoms with Crippen LogP contribution < -0.4 is 0 Å². The molecule has 0 atom stereocenters. The third-order valence-corrected chi connectivity index (χ3v) is 3.77. The van der Waals surface area contributed by atoms with Crippen molar-refractivity contribution < 1.29 is 9.90 Å². The van der Waals surface area contributed by atoms with Crippen LogP contribution >= 0.6 is 23.2 Å². The minimum Gasteiger partial charge on any atom is -0.504 e. The zero-order valence-electron chi connectivity index (χ0n) is 11.2. The molecule has 0 unspecified atom stereocenters. The summed E-state index contributed by atoms with van der Waals surface area (Å²) in [6.07, 6.45) is 0.502. The second-order valence-corrected chi connectivity index (χ2v) is 5.41. The van der Waals surface area contributed by atoms with Crippen molar-refractivity contribution in [3.8, 4) is 22.7 Å². The van der Waals surface area contributed by atoms with E-state index in [0.717, 1.165) is 0 Å². The minimum atomic E-state index is -0.197. The highest BCUT2D eigenvalue weighted by Gasteiger charge is 2.20. The third kappa shape index (κ3) is 2.47. The number of hydrogen-bond donors (Lipinski definition) is 1. The largest absolute Gasteiger partial charge is 0.504 e. The van der Waals surface area contributed by atoms with E-state index in [-0.39, 0.29) is 11.4 Å². The molecule has 0 bridgehead atoms. The van der Waals surface area contributed by atoms with Gasteiger partial charge in [-0.25, -0.2) is 4.68 Å². The zero-order chi connectivity index (χ0) is 15.7. The summed E-state index contributed by atoms with van der Waals surface area (Å²) >= 11 is 12.1. The van der Waals surface area contributed by atoms with Gasteiger partial charge in [-0.15, -0.1) is 0 Å². The lowest BCUT2D eigenvalue weighted by molar-refractivity contribution is 0.111. The van der Waals surface area contributed by atoms with Gasteiger partial charge in [0.05, 0.1) is 10.7 Å². The number of aromatic hydroxyl groups is 1. The topological polar surface area (TPSA) is 55.1 Å². The van der Waals surface area contributed by atoms with Crippen LogP contribution in [0, 0.1) is 0 Å². The summed E-state index contributed by atoms with van der Waals surface area (Å²) in [7, 11) is 0. The smallest absolute Gasteiger partial charge is 0.174 e. The number of carbonyl (C=O) groups excluding carboxylic acids is 1. The lowest BCUT2D eigenvalue weighted by atomic mass is 10.1. The van der Waals surface area contributed by atoms with Gasteiger partial charge in [0, 0.05) is 10.6 Å². The van der Waals surface area contributed by atoms with Gasteiger partial charge in [0.2, 0.25) is 0 Å². The van der Waals surface area contributed by atoms with Gasteiger partial charge in [-0.1, -0.05) is 47.5 Å². The lowest BCUT2D eigenvalue weighted by Crippen LogP contribution is -2.00. The molecule has 0 aliphatic rings. The number of aldehydes is 1. The summed E-state index contributed by atoms with van der Waals surface area (Å²) in [4.78, 5) is 11.1. The van der Waals surface area contributed by atoms with E-state index in [2.05, 4.69) is 5.10 Å². The molecule has 0 amide bonds. The first kappa shape index (κ1) is 14.6. The number of nitrogens with zero attached hydrogens (tertiary/aromatic N) is 2. The minimum absolute atomic E-state index is 0.0510. The van der Waals surface area contributed by atoms with Crippen molar-refractivity contribution in [1.82, 2.24) is 9.78 Å².